The standard InChI is InChI=1S/C12H12O5/c13-6-9(14)7-16-10-3-1-8-2-4-12(15)17-11(8)5-10/h1-5,9,13-14H,6-7H2/t9-/m1/s1. The maximum absolute atomic E-state index is 11.0. The van der Waals surface area contributed by atoms with E-state index in [9.17, 15) is 4.79 Å². The Kier molecular flexibility index (Phi) is 3.41. The van der Waals surface area contributed by atoms with Crippen LogP contribution in [-0.2, 0) is 0 Å². The Hall–Kier alpha value is -1.85. The molecule has 0 saturated heterocycles. The molecule has 0 fully saturated rings. The predicted molar refractivity (Wildman–Crippen MR) is 61.1 cm³/mol. The smallest absolute Gasteiger partial charge is 0.336 e. The highest BCUT2D eigenvalue weighted by Crippen LogP contribution is 2.19. The lowest BCUT2D eigenvalue weighted by Gasteiger charge is -2.09. The van der Waals surface area contributed by atoms with Crippen molar-refractivity contribution < 1.29 is 19.4 Å². The Labute approximate surface area is 96.9 Å². The molecule has 1 aromatic heterocycles. The van der Waals surface area contributed by atoms with E-state index in [0.29, 0.717) is 11.3 Å². The zero-order chi connectivity index (χ0) is 12.3. The Morgan fingerprint density at radius 2 is 2.06 bits per heavy atom. The van der Waals surface area contributed by atoms with Gasteiger partial charge in [0.2, 0.25) is 0 Å². The van der Waals surface area contributed by atoms with Crippen LogP contribution in [0.2, 0.25) is 0 Å². The second kappa shape index (κ2) is 4.99. The molecule has 0 saturated carbocycles. The van der Waals surface area contributed by atoms with Crippen LogP contribution in [0.25, 0.3) is 11.0 Å². The van der Waals surface area contributed by atoms with Gasteiger partial charge < -0.3 is 19.4 Å². The molecule has 0 radical (unpaired) electrons. The van der Waals surface area contributed by atoms with Crippen LogP contribution in [-0.4, -0.2) is 29.5 Å². The van der Waals surface area contributed by atoms with Crippen LogP contribution in [0.1, 0.15) is 0 Å². The van der Waals surface area contributed by atoms with Gasteiger partial charge in [0.1, 0.15) is 24.0 Å². The monoisotopic (exact) mass is 236 g/mol. The van der Waals surface area contributed by atoms with Gasteiger partial charge in [-0.05, 0) is 18.2 Å². The minimum atomic E-state index is -0.923. The van der Waals surface area contributed by atoms with E-state index in [2.05, 4.69) is 0 Å². The third-order valence-corrected chi connectivity index (χ3v) is 2.25. The highest BCUT2D eigenvalue weighted by Gasteiger charge is 2.04. The van der Waals surface area contributed by atoms with E-state index >= 15 is 0 Å². The zero-order valence-electron chi connectivity index (χ0n) is 9.00. The Morgan fingerprint density at radius 3 is 2.82 bits per heavy atom. The van der Waals surface area contributed by atoms with Crippen LogP contribution in [0.5, 0.6) is 5.75 Å². The van der Waals surface area contributed by atoms with Gasteiger partial charge in [0, 0.05) is 17.5 Å². The van der Waals surface area contributed by atoms with Gasteiger partial charge in [-0.1, -0.05) is 0 Å². The first kappa shape index (κ1) is 11.6. The lowest BCUT2D eigenvalue weighted by molar-refractivity contribution is 0.0536. The van der Waals surface area contributed by atoms with Gasteiger partial charge in [-0.3, -0.25) is 0 Å². The quantitative estimate of drug-likeness (QED) is 0.757. The van der Waals surface area contributed by atoms with Crippen molar-refractivity contribution in [3.05, 3.63) is 40.8 Å². The van der Waals surface area contributed by atoms with E-state index in [-0.39, 0.29) is 13.2 Å². The summed E-state index contributed by atoms with van der Waals surface area (Å²) in [6, 6.07) is 8.03. The fourth-order valence-corrected chi connectivity index (χ4v) is 1.38. The molecule has 0 aliphatic heterocycles. The van der Waals surface area contributed by atoms with E-state index in [1.165, 1.54) is 6.07 Å². The van der Waals surface area contributed by atoms with E-state index in [1.807, 2.05) is 0 Å². The second-order valence-electron chi connectivity index (χ2n) is 3.60. The van der Waals surface area contributed by atoms with E-state index in [0.717, 1.165) is 5.39 Å². The average molecular weight is 236 g/mol. The normalized spacial score (nSPS) is 12.6. The summed E-state index contributed by atoms with van der Waals surface area (Å²) in [5.74, 6) is 0.472. The van der Waals surface area contributed by atoms with Crippen LogP contribution < -0.4 is 10.4 Å². The summed E-state index contributed by atoms with van der Waals surface area (Å²) in [5.41, 5.74) is -0.00136. The molecular formula is C12H12O5. The first-order chi connectivity index (χ1) is 8.19. The van der Waals surface area contributed by atoms with Crippen LogP contribution >= 0.6 is 0 Å². The highest BCUT2D eigenvalue weighted by atomic mass is 16.5. The fourth-order valence-electron chi connectivity index (χ4n) is 1.38. The van der Waals surface area contributed by atoms with Crippen molar-refractivity contribution in [2.75, 3.05) is 13.2 Å². The predicted octanol–water partition coefficient (Wildman–Crippen LogP) is 0.525. The van der Waals surface area contributed by atoms with Gasteiger partial charge in [0.25, 0.3) is 0 Å². The van der Waals surface area contributed by atoms with Crippen LogP contribution in [0, 0.1) is 0 Å². The van der Waals surface area contributed by atoms with Gasteiger partial charge in [-0.15, -0.1) is 0 Å². The molecule has 17 heavy (non-hydrogen) atoms. The van der Waals surface area contributed by atoms with E-state index < -0.39 is 11.7 Å². The number of ether oxygens (including phenoxy) is 1. The van der Waals surface area contributed by atoms with Gasteiger partial charge in [0.15, 0.2) is 0 Å². The largest absolute Gasteiger partial charge is 0.491 e. The molecule has 0 aliphatic rings. The summed E-state index contributed by atoms with van der Waals surface area (Å²) < 4.78 is 10.2. The van der Waals surface area contributed by atoms with Crippen molar-refractivity contribution >= 4 is 11.0 Å². The van der Waals surface area contributed by atoms with Crippen LogP contribution in [0.15, 0.2) is 39.5 Å². The topological polar surface area (TPSA) is 79.9 Å². The van der Waals surface area contributed by atoms with Crippen molar-refractivity contribution in [1.82, 2.24) is 0 Å². The summed E-state index contributed by atoms with van der Waals surface area (Å²) in [4.78, 5) is 11.0. The molecule has 5 nitrogen and oxygen atoms in total. The molecular weight excluding hydrogens is 224 g/mol. The molecule has 1 aromatic carbocycles. The molecule has 0 spiro atoms. The molecule has 5 heteroatoms. The average Bonchev–Trinajstić information content (AvgIpc) is 2.35. The SMILES string of the molecule is O=c1ccc2ccc(OC[C@H](O)CO)cc2o1. The fraction of sp³-hybridized carbons (Fsp3) is 0.250. The van der Waals surface area contributed by atoms with Crippen LogP contribution in [0.4, 0.5) is 0 Å². The molecule has 0 bridgehead atoms. The Bertz CT molecular complexity index is 560. The van der Waals surface area contributed by atoms with Crippen LogP contribution in [0.3, 0.4) is 0 Å². The maximum Gasteiger partial charge on any atom is 0.336 e. The first-order valence-corrected chi connectivity index (χ1v) is 5.14. The minimum absolute atomic E-state index is 0.0148. The lowest BCUT2D eigenvalue weighted by atomic mass is 10.2. The summed E-state index contributed by atoms with van der Waals surface area (Å²) in [6.07, 6.45) is -0.923. The van der Waals surface area contributed by atoms with Gasteiger partial charge in [-0.25, -0.2) is 4.79 Å². The summed E-state index contributed by atoms with van der Waals surface area (Å²) in [7, 11) is 0. The van der Waals surface area contributed by atoms with Crippen molar-refractivity contribution in [2.45, 2.75) is 6.10 Å². The molecule has 0 unspecified atom stereocenters. The number of benzene rings is 1. The molecule has 2 N–H and O–H groups in total. The number of hydrogen-bond donors (Lipinski definition) is 2. The van der Waals surface area contributed by atoms with Gasteiger partial charge in [0.05, 0.1) is 6.61 Å². The minimum Gasteiger partial charge on any atom is -0.491 e. The van der Waals surface area contributed by atoms with E-state index in [1.54, 1.807) is 24.3 Å². The third-order valence-electron chi connectivity index (χ3n) is 2.25. The Morgan fingerprint density at radius 1 is 1.29 bits per heavy atom. The van der Waals surface area contributed by atoms with Crippen molar-refractivity contribution in [3.63, 3.8) is 0 Å². The highest BCUT2D eigenvalue weighted by molar-refractivity contribution is 5.77. The van der Waals surface area contributed by atoms with Crippen molar-refractivity contribution in [1.29, 1.82) is 0 Å². The summed E-state index contributed by atoms with van der Waals surface area (Å²) >= 11 is 0. The summed E-state index contributed by atoms with van der Waals surface area (Å²) in [6.45, 7) is -0.373. The van der Waals surface area contributed by atoms with Gasteiger partial charge in [-0.2, -0.15) is 0 Å². The zero-order valence-corrected chi connectivity index (χ0v) is 9.00. The Balaban J connectivity index is 2.22. The number of fused-ring (bicyclic) bond motifs is 1. The third kappa shape index (κ3) is 2.83. The molecule has 0 aliphatic carbocycles. The summed E-state index contributed by atoms with van der Waals surface area (Å²) in [5, 5.41) is 18.6. The van der Waals surface area contributed by atoms with E-state index in [4.69, 9.17) is 19.4 Å². The lowest BCUT2D eigenvalue weighted by Crippen LogP contribution is -2.21. The number of aliphatic hydroxyl groups is 2. The molecule has 2 aromatic rings. The van der Waals surface area contributed by atoms with Crippen molar-refractivity contribution in [3.8, 4) is 5.75 Å². The molecule has 1 atom stereocenters. The second-order valence-corrected chi connectivity index (χ2v) is 3.60. The molecule has 0 amide bonds. The van der Waals surface area contributed by atoms with Crippen molar-refractivity contribution in [2.24, 2.45) is 0 Å². The molecule has 90 valence electrons. The molecule has 1 heterocycles. The number of aliphatic hydroxyl groups excluding tert-OH is 2. The maximum atomic E-state index is 11.0. The number of rotatable bonds is 4. The number of hydrogen-bond acceptors (Lipinski definition) is 5. The molecule has 2 rings (SSSR count). The first-order valence-electron chi connectivity index (χ1n) is 5.14. The van der Waals surface area contributed by atoms with Gasteiger partial charge >= 0.3 is 5.63 Å².